The summed E-state index contributed by atoms with van der Waals surface area (Å²) >= 11 is 0. The summed E-state index contributed by atoms with van der Waals surface area (Å²) in [6.45, 7) is 1.82. The maximum Gasteiger partial charge on any atom is 0.416 e. The van der Waals surface area contributed by atoms with Crippen LogP contribution in [0.3, 0.4) is 0 Å². The molecule has 1 N–H and O–H groups in total. The topological polar surface area (TPSA) is 53.9 Å². The lowest BCUT2D eigenvalue weighted by Gasteiger charge is -2.38. The first-order valence-electron chi connectivity index (χ1n) is 12.1. The summed E-state index contributed by atoms with van der Waals surface area (Å²) in [4.78, 5) is 19.2. The first-order valence-corrected chi connectivity index (χ1v) is 12.1. The third kappa shape index (κ3) is 6.47. The lowest BCUT2D eigenvalue weighted by molar-refractivity contribution is -0.138. The van der Waals surface area contributed by atoms with Crippen molar-refractivity contribution in [1.29, 1.82) is 0 Å². The van der Waals surface area contributed by atoms with Gasteiger partial charge in [0.15, 0.2) is 5.96 Å². The molecule has 1 unspecified atom stereocenters. The van der Waals surface area contributed by atoms with E-state index in [-0.39, 0.29) is 30.2 Å². The molecule has 0 aliphatic carbocycles. The lowest BCUT2D eigenvalue weighted by Crippen LogP contribution is -2.48. The molecule has 210 valence electrons. The minimum Gasteiger partial charge on any atom is -0.466 e. The van der Waals surface area contributed by atoms with Crippen LogP contribution in [0.5, 0.6) is 0 Å². The van der Waals surface area contributed by atoms with Gasteiger partial charge in [-0.3, -0.25) is 0 Å². The van der Waals surface area contributed by atoms with Gasteiger partial charge in [-0.15, -0.1) is 0 Å². The molecule has 0 saturated heterocycles. The van der Waals surface area contributed by atoms with E-state index >= 15 is 0 Å². The molecule has 0 aromatic heterocycles. The number of hydrogen-bond acceptors (Lipinski definition) is 3. The number of ether oxygens (including phenoxy) is 1. The summed E-state index contributed by atoms with van der Waals surface area (Å²) in [5, 5.41) is 3.09. The van der Waals surface area contributed by atoms with Crippen molar-refractivity contribution in [3.8, 4) is 0 Å². The Morgan fingerprint density at radius 1 is 0.875 bits per heavy atom. The number of rotatable bonds is 6. The van der Waals surface area contributed by atoms with Gasteiger partial charge < -0.3 is 15.0 Å². The van der Waals surface area contributed by atoms with Crippen molar-refractivity contribution in [3.05, 3.63) is 118 Å². The molecule has 40 heavy (non-hydrogen) atoms. The van der Waals surface area contributed by atoms with Gasteiger partial charge in [-0.05, 0) is 47.9 Å². The zero-order chi connectivity index (χ0) is 29.1. The predicted octanol–water partition coefficient (Wildman–Crippen LogP) is 6.87. The highest BCUT2D eigenvalue weighted by Crippen LogP contribution is 2.36. The maximum absolute atomic E-state index is 13.5. The zero-order valence-corrected chi connectivity index (χ0v) is 21.5. The van der Waals surface area contributed by atoms with Gasteiger partial charge in [0.05, 0.1) is 42.9 Å². The quantitative estimate of drug-likeness (QED) is 0.264. The smallest absolute Gasteiger partial charge is 0.416 e. The lowest BCUT2D eigenvalue weighted by atomic mass is 9.93. The molecule has 0 bridgehead atoms. The van der Waals surface area contributed by atoms with E-state index in [4.69, 9.17) is 4.74 Å². The summed E-state index contributed by atoms with van der Waals surface area (Å²) < 4.78 is 84.7. The third-order valence-electron chi connectivity index (χ3n) is 6.44. The number of hydrogen-bond donors (Lipinski definition) is 1. The second-order valence-electron chi connectivity index (χ2n) is 9.10. The van der Waals surface area contributed by atoms with Gasteiger partial charge in [0.2, 0.25) is 0 Å². The molecule has 0 saturated carbocycles. The molecular weight excluding hydrogens is 536 g/mol. The van der Waals surface area contributed by atoms with Crippen LogP contribution in [0.25, 0.3) is 0 Å². The number of guanidine groups is 1. The van der Waals surface area contributed by atoms with Crippen LogP contribution in [0.1, 0.15) is 40.8 Å². The third-order valence-corrected chi connectivity index (χ3v) is 6.44. The van der Waals surface area contributed by atoms with Gasteiger partial charge in [0, 0.05) is 5.70 Å². The average molecular weight is 562 g/mol. The maximum atomic E-state index is 13.5. The van der Waals surface area contributed by atoms with Gasteiger partial charge in [-0.25, -0.2) is 9.79 Å². The van der Waals surface area contributed by atoms with Crippen LogP contribution < -0.4 is 5.32 Å². The fourth-order valence-electron chi connectivity index (χ4n) is 4.37. The number of methoxy groups -OCH3 is 1. The number of carbonyl (C=O) groups excluding carboxylic acids is 1. The molecule has 3 aromatic carbocycles. The van der Waals surface area contributed by atoms with Crippen molar-refractivity contribution in [2.24, 2.45) is 4.99 Å². The number of nitrogens with zero attached hydrogens (tertiary/aromatic N) is 2. The predicted molar refractivity (Wildman–Crippen MR) is 137 cm³/mol. The Hall–Kier alpha value is -4.28. The zero-order valence-electron chi connectivity index (χ0n) is 21.5. The Kier molecular flexibility index (Phi) is 8.22. The summed E-state index contributed by atoms with van der Waals surface area (Å²) in [5.74, 6) is -0.539. The molecule has 0 fully saturated rings. The summed E-state index contributed by atoms with van der Waals surface area (Å²) in [6.07, 6.45) is -9.10. The van der Waals surface area contributed by atoms with Crippen molar-refractivity contribution in [3.63, 3.8) is 0 Å². The first kappa shape index (κ1) is 28.7. The minimum atomic E-state index is -4.60. The molecule has 5 nitrogen and oxygen atoms in total. The minimum absolute atomic E-state index is 0.0282. The van der Waals surface area contributed by atoms with Crippen LogP contribution in [0.15, 0.2) is 95.1 Å². The SMILES string of the molecule is COC(=O)C1=C(C)N(Cc2ccc(C(F)(F)F)cc2)C(=NCc2ccccc2)NC1c1cccc(C(F)(F)F)c1. The van der Waals surface area contributed by atoms with Crippen LogP contribution >= 0.6 is 0 Å². The molecule has 0 spiro atoms. The van der Waals surface area contributed by atoms with Crippen LogP contribution in [0.4, 0.5) is 26.3 Å². The van der Waals surface area contributed by atoms with Crippen LogP contribution in [0, 0.1) is 0 Å². The number of carbonyl (C=O) groups is 1. The van der Waals surface area contributed by atoms with Gasteiger partial charge in [-0.1, -0.05) is 54.6 Å². The van der Waals surface area contributed by atoms with E-state index in [1.54, 1.807) is 11.8 Å². The molecule has 0 amide bonds. The largest absolute Gasteiger partial charge is 0.466 e. The van der Waals surface area contributed by atoms with Crippen molar-refractivity contribution < 1.29 is 35.9 Å². The van der Waals surface area contributed by atoms with Crippen molar-refractivity contribution in [2.75, 3.05) is 7.11 Å². The molecule has 4 rings (SSSR count). The molecule has 1 aliphatic rings. The van der Waals surface area contributed by atoms with Crippen molar-refractivity contribution >= 4 is 11.9 Å². The molecular formula is C29H25F6N3O2. The molecule has 1 heterocycles. The highest BCUT2D eigenvalue weighted by Gasteiger charge is 2.37. The van der Waals surface area contributed by atoms with Crippen molar-refractivity contribution in [2.45, 2.75) is 38.4 Å². The first-order chi connectivity index (χ1) is 18.9. The van der Waals surface area contributed by atoms with E-state index < -0.39 is 35.5 Å². The Balaban J connectivity index is 1.81. The van der Waals surface area contributed by atoms with Gasteiger partial charge in [0.1, 0.15) is 0 Å². The number of alkyl halides is 6. The van der Waals surface area contributed by atoms with E-state index in [1.807, 2.05) is 30.3 Å². The van der Waals surface area contributed by atoms with E-state index in [1.165, 1.54) is 24.3 Å². The second kappa shape index (κ2) is 11.4. The standard InChI is InChI=1S/C29H25F6N3O2/c1-18-24(26(39)40-2)25(21-9-6-10-23(15-21)29(33,34)35)37-27(36-16-19-7-4-3-5-8-19)38(18)17-20-11-13-22(14-12-20)28(30,31)32/h3-15,25H,16-17H2,1-2H3,(H,36,37). The van der Waals surface area contributed by atoms with E-state index in [9.17, 15) is 31.1 Å². The molecule has 1 aliphatic heterocycles. The summed E-state index contributed by atoms with van der Waals surface area (Å²) in [6, 6.07) is 17.3. The number of benzene rings is 3. The Bertz CT molecular complexity index is 1410. The highest BCUT2D eigenvalue weighted by atomic mass is 19.4. The highest BCUT2D eigenvalue weighted by molar-refractivity contribution is 5.96. The van der Waals surface area contributed by atoms with Gasteiger partial charge >= 0.3 is 18.3 Å². The van der Waals surface area contributed by atoms with Crippen LogP contribution in [-0.2, 0) is 35.0 Å². The summed E-state index contributed by atoms with van der Waals surface area (Å²) in [5.41, 5.74) is 0.190. The van der Waals surface area contributed by atoms with Crippen LogP contribution in [-0.4, -0.2) is 23.9 Å². The normalized spacial score (nSPS) is 17.1. The van der Waals surface area contributed by atoms with E-state index in [0.717, 1.165) is 36.9 Å². The molecule has 0 radical (unpaired) electrons. The number of halogens is 6. The summed E-state index contributed by atoms with van der Waals surface area (Å²) in [7, 11) is 1.16. The molecule has 3 aromatic rings. The number of aliphatic imine (C=N–C) groups is 1. The fraction of sp³-hybridized carbons (Fsp3) is 0.241. The number of allylic oxidation sites excluding steroid dienone is 1. The monoisotopic (exact) mass is 561 g/mol. The van der Waals surface area contributed by atoms with Crippen molar-refractivity contribution in [1.82, 2.24) is 10.2 Å². The van der Waals surface area contributed by atoms with E-state index in [0.29, 0.717) is 11.3 Å². The van der Waals surface area contributed by atoms with Crippen LogP contribution in [0.2, 0.25) is 0 Å². The fourth-order valence-corrected chi connectivity index (χ4v) is 4.37. The Morgan fingerprint density at radius 2 is 1.52 bits per heavy atom. The second-order valence-corrected chi connectivity index (χ2v) is 9.10. The number of esters is 1. The van der Waals surface area contributed by atoms with Gasteiger partial charge in [0.25, 0.3) is 0 Å². The van der Waals surface area contributed by atoms with Gasteiger partial charge in [-0.2, -0.15) is 26.3 Å². The Morgan fingerprint density at radius 3 is 2.12 bits per heavy atom. The number of nitrogens with one attached hydrogen (secondary N) is 1. The molecule has 1 atom stereocenters. The average Bonchev–Trinajstić information content (AvgIpc) is 2.92. The van der Waals surface area contributed by atoms with E-state index in [2.05, 4.69) is 10.3 Å². The Labute approximate surface area is 226 Å². The molecule has 11 heteroatoms.